The number of nitrogens with zero attached hydrogens (tertiary/aromatic N) is 3. The van der Waals surface area contributed by atoms with Crippen molar-refractivity contribution in [2.24, 2.45) is 4.99 Å². The molecule has 1 amide bonds. The number of benzene rings is 1. The van der Waals surface area contributed by atoms with Gasteiger partial charge in [-0.1, -0.05) is 12.1 Å². The molecule has 1 aliphatic rings. The van der Waals surface area contributed by atoms with Crippen LogP contribution in [0.15, 0.2) is 47.6 Å². The van der Waals surface area contributed by atoms with Gasteiger partial charge >= 0.3 is 0 Å². The largest absolute Gasteiger partial charge is 0.355 e. The fourth-order valence-electron chi connectivity index (χ4n) is 3.17. The van der Waals surface area contributed by atoms with E-state index in [1.807, 2.05) is 4.90 Å². The Labute approximate surface area is 191 Å². The molecule has 30 heavy (non-hydrogen) atoms. The summed E-state index contributed by atoms with van der Waals surface area (Å²) in [6, 6.07) is 8.91. The Morgan fingerprint density at radius 3 is 2.63 bits per heavy atom. The first-order chi connectivity index (χ1) is 14.1. The molecule has 2 aromatic rings. The van der Waals surface area contributed by atoms with E-state index in [2.05, 4.69) is 25.9 Å². The number of pyridine rings is 1. The van der Waals surface area contributed by atoms with E-state index in [-0.39, 0.29) is 41.4 Å². The molecule has 1 aromatic heterocycles. The normalized spacial score (nSPS) is 16.0. The number of hydrogen-bond acceptors (Lipinski definition) is 4. The van der Waals surface area contributed by atoms with Crippen molar-refractivity contribution in [1.82, 2.24) is 20.9 Å². The number of anilines is 1. The maximum Gasteiger partial charge on any atom is 0.254 e. The summed E-state index contributed by atoms with van der Waals surface area (Å²) in [6.07, 6.45) is 2.40. The van der Waals surface area contributed by atoms with Crippen LogP contribution in [0.25, 0.3) is 0 Å². The Morgan fingerprint density at radius 2 is 1.90 bits per heavy atom. The molecule has 7 nitrogen and oxygen atoms in total. The van der Waals surface area contributed by atoms with Crippen molar-refractivity contribution in [3.63, 3.8) is 0 Å². The first-order valence-corrected chi connectivity index (χ1v) is 9.44. The molecule has 1 fully saturated rings. The number of nitrogens with one attached hydrogen (secondary N) is 3. The molecule has 0 bridgehead atoms. The zero-order chi connectivity index (χ0) is 20.6. The van der Waals surface area contributed by atoms with Crippen LogP contribution < -0.4 is 20.9 Å². The van der Waals surface area contributed by atoms with Crippen molar-refractivity contribution >= 4 is 41.7 Å². The number of hydrogen-bond donors (Lipinski definition) is 3. The summed E-state index contributed by atoms with van der Waals surface area (Å²) in [5.74, 6) is -0.405. The van der Waals surface area contributed by atoms with Crippen molar-refractivity contribution in [2.45, 2.75) is 12.5 Å². The van der Waals surface area contributed by atoms with Gasteiger partial charge < -0.3 is 20.9 Å². The summed E-state index contributed by atoms with van der Waals surface area (Å²) in [6.45, 7) is 2.04. The molecule has 10 heteroatoms. The van der Waals surface area contributed by atoms with Crippen LogP contribution >= 0.6 is 24.0 Å². The summed E-state index contributed by atoms with van der Waals surface area (Å²) in [7, 11) is 1.65. The smallest absolute Gasteiger partial charge is 0.254 e. The molecule has 0 radical (unpaired) electrons. The van der Waals surface area contributed by atoms with Gasteiger partial charge in [0.05, 0.1) is 5.56 Å². The number of halogens is 3. The van der Waals surface area contributed by atoms with Gasteiger partial charge in [0, 0.05) is 45.5 Å². The first kappa shape index (κ1) is 23.8. The number of carbonyl (C=O) groups is 1. The predicted molar refractivity (Wildman–Crippen MR) is 123 cm³/mol. The van der Waals surface area contributed by atoms with Crippen molar-refractivity contribution < 1.29 is 13.6 Å². The van der Waals surface area contributed by atoms with E-state index in [1.165, 1.54) is 24.3 Å². The van der Waals surface area contributed by atoms with Crippen LogP contribution in [0, 0.1) is 11.6 Å². The van der Waals surface area contributed by atoms with Crippen LogP contribution in [0.1, 0.15) is 16.8 Å². The maximum atomic E-state index is 13.9. The Kier molecular flexibility index (Phi) is 9.21. The van der Waals surface area contributed by atoms with Crippen LogP contribution in [0.2, 0.25) is 0 Å². The van der Waals surface area contributed by atoms with Crippen LogP contribution in [-0.4, -0.2) is 56.1 Å². The second-order valence-corrected chi connectivity index (χ2v) is 6.62. The van der Waals surface area contributed by atoms with Crippen molar-refractivity contribution in [1.29, 1.82) is 0 Å². The molecule has 0 spiro atoms. The Hall–Kier alpha value is -2.50. The van der Waals surface area contributed by atoms with Crippen molar-refractivity contribution in [2.75, 3.05) is 38.1 Å². The van der Waals surface area contributed by atoms with Crippen molar-refractivity contribution in [3.8, 4) is 0 Å². The number of carbonyl (C=O) groups excluding carboxylic acids is 1. The fourth-order valence-corrected chi connectivity index (χ4v) is 3.17. The average Bonchev–Trinajstić information content (AvgIpc) is 3.19. The molecule has 1 saturated heterocycles. The Morgan fingerprint density at radius 1 is 1.17 bits per heavy atom. The molecule has 2 heterocycles. The number of guanidine groups is 1. The Bertz CT molecular complexity index is 882. The predicted octanol–water partition coefficient (Wildman–Crippen LogP) is 2.15. The third-order valence-electron chi connectivity index (χ3n) is 4.61. The van der Waals surface area contributed by atoms with Gasteiger partial charge in [0.2, 0.25) is 0 Å². The van der Waals surface area contributed by atoms with E-state index in [4.69, 9.17) is 0 Å². The van der Waals surface area contributed by atoms with Gasteiger partial charge in [-0.25, -0.2) is 13.8 Å². The van der Waals surface area contributed by atoms with Gasteiger partial charge in [0.15, 0.2) is 17.6 Å². The third-order valence-corrected chi connectivity index (χ3v) is 4.61. The standard InChI is InChI=1S/C20H24F2N6O.HI/c1-23-20(26-11-10-25-19(29)15-5-2-3-6-16(15)21)27-14-8-12-28(13-14)18-17(22)7-4-9-24-18;/h2-7,9,14H,8,10-13H2,1H3,(H,25,29)(H2,23,26,27);1H. The molecule has 1 aliphatic heterocycles. The molecular weight excluding hydrogens is 505 g/mol. The van der Waals surface area contributed by atoms with Crippen molar-refractivity contribution in [3.05, 3.63) is 59.8 Å². The highest BCUT2D eigenvalue weighted by Crippen LogP contribution is 2.20. The zero-order valence-electron chi connectivity index (χ0n) is 16.6. The van der Waals surface area contributed by atoms with Gasteiger partial charge in [0.1, 0.15) is 5.82 Å². The lowest BCUT2D eigenvalue weighted by molar-refractivity contribution is 0.0950. The number of aromatic nitrogens is 1. The van der Waals surface area contributed by atoms with Gasteiger partial charge in [-0.2, -0.15) is 0 Å². The minimum absolute atomic E-state index is 0. The second-order valence-electron chi connectivity index (χ2n) is 6.62. The van der Waals surface area contributed by atoms with E-state index in [1.54, 1.807) is 25.4 Å². The highest BCUT2D eigenvalue weighted by atomic mass is 127. The lowest BCUT2D eigenvalue weighted by Crippen LogP contribution is -2.46. The fraction of sp³-hybridized carbons (Fsp3) is 0.350. The van der Waals surface area contributed by atoms with Gasteiger partial charge in [-0.05, 0) is 30.7 Å². The number of rotatable bonds is 6. The lowest BCUT2D eigenvalue weighted by Gasteiger charge is -2.20. The first-order valence-electron chi connectivity index (χ1n) is 9.44. The SMILES string of the molecule is CN=C(NCCNC(=O)c1ccccc1F)NC1CCN(c2ncccc2F)C1.I. The quantitative estimate of drug-likeness (QED) is 0.231. The van der Waals surface area contributed by atoms with Crippen LogP contribution in [0.5, 0.6) is 0 Å². The molecule has 3 rings (SSSR count). The summed E-state index contributed by atoms with van der Waals surface area (Å²) in [4.78, 5) is 22.2. The highest BCUT2D eigenvalue weighted by Gasteiger charge is 2.25. The van der Waals surface area contributed by atoms with E-state index in [9.17, 15) is 13.6 Å². The topological polar surface area (TPSA) is 81.6 Å². The average molecular weight is 530 g/mol. The van der Waals surface area contributed by atoms with E-state index in [0.717, 1.165) is 6.42 Å². The molecule has 1 aromatic carbocycles. The molecule has 0 saturated carbocycles. The molecule has 0 aliphatic carbocycles. The summed E-state index contributed by atoms with van der Waals surface area (Å²) in [5.41, 5.74) is 0.0165. The molecule has 162 valence electrons. The minimum Gasteiger partial charge on any atom is -0.355 e. The Balaban J connectivity index is 0.00000320. The summed E-state index contributed by atoms with van der Waals surface area (Å²) >= 11 is 0. The maximum absolute atomic E-state index is 13.9. The highest BCUT2D eigenvalue weighted by molar-refractivity contribution is 14.0. The van der Waals surface area contributed by atoms with E-state index < -0.39 is 11.7 Å². The molecular formula is C20H25F2IN6O. The zero-order valence-corrected chi connectivity index (χ0v) is 18.9. The monoisotopic (exact) mass is 530 g/mol. The van der Waals surface area contributed by atoms with Crippen LogP contribution in [0.3, 0.4) is 0 Å². The number of amides is 1. The van der Waals surface area contributed by atoms with Crippen LogP contribution in [0.4, 0.5) is 14.6 Å². The summed E-state index contributed by atoms with van der Waals surface area (Å²) in [5, 5.41) is 9.06. The van der Waals surface area contributed by atoms with E-state index in [0.29, 0.717) is 38.0 Å². The lowest BCUT2D eigenvalue weighted by atomic mass is 10.2. The summed E-state index contributed by atoms with van der Waals surface area (Å²) < 4.78 is 27.5. The van der Waals surface area contributed by atoms with Gasteiger partial charge in [0.25, 0.3) is 5.91 Å². The number of aliphatic imine (C=N–C) groups is 1. The third kappa shape index (κ3) is 6.25. The van der Waals surface area contributed by atoms with Crippen LogP contribution in [-0.2, 0) is 0 Å². The second kappa shape index (κ2) is 11.6. The van der Waals surface area contributed by atoms with E-state index >= 15 is 0 Å². The molecule has 3 N–H and O–H groups in total. The molecule has 1 unspecified atom stereocenters. The minimum atomic E-state index is -0.550. The molecule has 1 atom stereocenters. The van der Waals surface area contributed by atoms with Gasteiger partial charge in [-0.3, -0.25) is 9.79 Å². The van der Waals surface area contributed by atoms with Gasteiger partial charge in [-0.15, -0.1) is 24.0 Å².